The lowest BCUT2D eigenvalue weighted by atomic mass is 10.2. The summed E-state index contributed by atoms with van der Waals surface area (Å²) in [6.45, 7) is 2.11. The monoisotopic (exact) mass is 448 g/mol. The molecule has 3 rings (SSSR count). The van der Waals surface area contributed by atoms with Gasteiger partial charge < -0.3 is 5.32 Å². The molecule has 1 atom stereocenters. The molecule has 0 spiro atoms. The minimum absolute atomic E-state index is 0.0178. The molecule has 2 aromatic rings. The van der Waals surface area contributed by atoms with Gasteiger partial charge in [-0.25, -0.2) is 0 Å². The fourth-order valence-corrected chi connectivity index (χ4v) is 3.59. The molecule has 1 unspecified atom stereocenters. The molecule has 0 bridgehead atoms. The van der Waals surface area contributed by atoms with Gasteiger partial charge in [-0.05, 0) is 25.7 Å². The van der Waals surface area contributed by atoms with Gasteiger partial charge in [-0.3, -0.25) is 24.3 Å². The molecule has 1 aliphatic carbocycles. The van der Waals surface area contributed by atoms with Crippen LogP contribution in [0.3, 0.4) is 0 Å². The maximum atomic E-state index is 13.1. The fraction of sp³-hybridized carbons (Fsp3) is 0.588. The lowest BCUT2D eigenvalue weighted by Crippen LogP contribution is -2.33. The summed E-state index contributed by atoms with van der Waals surface area (Å²) in [7, 11) is 0. The Hall–Kier alpha value is -2.63. The summed E-state index contributed by atoms with van der Waals surface area (Å²) >= 11 is 5.93. The van der Waals surface area contributed by atoms with Crippen molar-refractivity contribution < 1.29 is 22.9 Å². The van der Waals surface area contributed by atoms with Crippen LogP contribution in [0.5, 0.6) is 0 Å². The Morgan fingerprint density at radius 2 is 2.17 bits per heavy atom. The SMILES string of the molecule is CCC(C(=O)NCCCn1nc(C(F)(F)F)c(Cl)c1C1CC1)n1cc([N+](=O)[O-])cn1. The van der Waals surface area contributed by atoms with Crippen LogP contribution in [0.1, 0.15) is 56.0 Å². The van der Waals surface area contributed by atoms with Crippen LogP contribution in [0.2, 0.25) is 5.02 Å². The first-order valence-electron chi connectivity index (χ1n) is 9.43. The first-order chi connectivity index (χ1) is 14.1. The molecule has 0 aliphatic heterocycles. The highest BCUT2D eigenvalue weighted by molar-refractivity contribution is 6.32. The van der Waals surface area contributed by atoms with Gasteiger partial charge in [0.05, 0.1) is 15.6 Å². The average Bonchev–Trinajstić information content (AvgIpc) is 3.26. The van der Waals surface area contributed by atoms with E-state index in [-0.39, 0.29) is 35.6 Å². The molecule has 1 aliphatic rings. The number of alkyl halides is 3. The molecular formula is C17H20ClF3N6O3. The molecule has 1 N–H and O–H groups in total. The van der Waals surface area contributed by atoms with Crippen LogP contribution >= 0.6 is 11.6 Å². The molecule has 0 saturated heterocycles. The van der Waals surface area contributed by atoms with Crippen LogP contribution in [0.15, 0.2) is 12.4 Å². The molecule has 2 heterocycles. The number of hydrogen-bond acceptors (Lipinski definition) is 5. The van der Waals surface area contributed by atoms with E-state index in [1.54, 1.807) is 6.92 Å². The van der Waals surface area contributed by atoms with Crippen LogP contribution in [0.25, 0.3) is 0 Å². The summed E-state index contributed by atoms with van der Waals surface area (Å²) in [5, 5.41) is 20.6. The van der Waals surface area contributed by atoms with E-state index in [0.717, 1.165) is 19.0 Å². The maximum absolute atomic E-state index is 13.1. The zero-order valence-corrected chi connectivity index (χ0v) is 16.8. The number of aromatic nitrogens is 4. The van der Waals surface area contributed by atoms with Crippen LogP contribution in [0, 0.1) is 10.1 Å². The van der Waals surface area contributed by atoms with Crippen LogP contribution in [-0.2, 0) is 17.5 Å². The van der Waals surface area contributed by atoms with Crippen LogP contribution < -0.4 is 5.32 Å². The molecule has 2 aromatic heterocycles. The summed E-state index contributed by atoms with van der Waals surface area (Å²) in [5.74, 6) is -0.400. The third-order valence-corrected chi connectivity index (χ3v) is 5.19. The van der Waals surface area contributed by atoms with Crippen molar-refractivity contribution in [2.45, 2.75) is 57.3 Å². The summed E-state index contributed by atoms with van der Waals surface area (Å²) < 4.78 is 41.8. The van der Waals surface area contributed by atoms with Gasteiger partial charge in [0.1, 0.15) is 18.4 Å². The normalized spacial score (nSPS) is 15.2. The van der Waals surface area contributed by atoms with E-state index < -0.39 is 22.8 Å². The molecule has 1 amide bonds. The number of aryl methyl sites for hydroxylation is 1. The lowest BCUT2D eigenvalue weighted by Gasteiger charge is -2.15. The smallest absolute Gasteiger partial charge is 0.354 e. The van der Waals surface area contributed by atoms with E-state index in [1.165, 1.54) is 15.6 Å². The average molecular weight is 449 g/mol. The van der Waals surface area contributed by atoms with Crippen LogP contribution in [-0.4, -0.2) is 36.9 Å². The Morgan fingerprint density at radius 3 is 2.70 bits per heavy atom. The van der Waals surface area contributed by atoms with Crippen molar-refractivity contribution in [1.29, 1.82) is 0 Å². The van der Waals surface area contributed by atoms with Crippen LogP contribution in [0.4, 0.5) is 18.9 Å². The van der Waals surface area contributed by atoms with Gasteiger partial charge in [0.15, 0.2) is 5.69 Å². The Bertz CT molecular complexity index is 938. The zero-order valence-electron chi connectivity index (χ0n) is 16.0. The second-order valence-electron chi connectivity index (χ2n) is 7.05. The van der Waals surface area contributed by atoms with E-state index in [1.807, 2.05) is 0 Å². The van der Waals surface area contributed by atoms with Gasteiger partial charge >= 0.3 is 11.9 Å². The van der Waals surface area contributed by atoms with Gasteiger partial charge in [0.25, 0.3) is 0 Å². The predicted molar refractivity (Wildman–Crippen MR) is 100 cm³/mol. The Kier molecular flexibility index (Phi) is 6.34. The van der Waals surface area contributed by atoms with Crippen molar-refractivity contribution in [1.82, 2.24) is 24.9 Å². The van der Waals surface area contributed by atoms with Crippen molar-refractivity contribution in [2.24, 2.45) is 0 Å². The summed E-state index contributed by atoms with van der Waals surface area (Å²) in [6.07, 6.45) is -0.131. The quantitative estimate of drug-likeness (QED) is 0.357. The van der Waals surface area contributed by atoms with Crippen molar-refractivity contribution >= 4 is 23.2 Å². The second-order valence-corrected chi connectivity index (χ2v) is 7.43. The molecule has 13 heteroatoms. The Balaban J connectivity index is 1.59. The lowest BCUT2D eigenvalue weighted by molar-refractivity contribution is -0.385. The first-order valence-corrected chi connectivity index (χ1v) is 9.80. The number of nitro groups is 1. The number of halogens is 4. The number of rotatable bonds is 9. The third-order valence-electron chi connectivity index (χ3n) is 4.82. The molecule has 1 fully saturated rings. The largest absolute Gasteiger partial charge is 0.436 e. The highest BCUT2D eigenvalue weighted by atomic mass is 35.5. The molecule has 30 heavy (non-hydrogen) atoms. The number of amides is 1. The number of hydrogen-bond donors (Lipinski definition) is 1. The predicted octanol–water partition coefficient (Wildman–Crippen LogP) is 3.70. The van der Waals surface area contributed by atoms with Crippen molar-refractivity contribution in [3.8, 4) is 0 Å². The highest BCUT2D eigenvalue weighted by Crippen LogP contribution is 2.46. The standard InChI is InChI=1S/C17H20ClF3N6O3/c1-2-12(26-9-11(8-23-26)27(29)30)16(28)22-6-3-7-25-14(10-4-5-10)13(18)15(24-25)17(19,20)21/h8-10,12H,2-7H2,1H3,(H,22,28). The summed E-state index contributed by atoms with van der Waals surface area (Å²) in [5.41, 5.74) is -0.906. The second kappa shape index (κ2) is 8.62. The number of carbonyl (C=O) groups is 1. The van der Waals surface area contributed by atoms with Gasteiger partial charge in [0.2, 0.25) is 5.91 Å². The number of carbonyl (C=O) groups excluding carboxylic acids is 1. The minimum atomic E-state index is -4.62. The molecule has 0 aromatic carbocycles. The maximum Gasteiger partial charge on any atom is 0.436 e. The molecule has 0 radical (unpaired) electrons. The van der Waals surface area contributed by atoms with E-state index in [9.17, 15) is 28.1 Å². The van der Waals surface area contributed by atoms with E-state index in [2.05, 4.69) is 15.5 Å². The summed E-state index contributed by atoms with van der Waals surface area (Å²) in [6, 6.07) is -0.725. The third kappa shape index (κ3) is 4.74. The fourth-order valence-electron chi connectivity index (χ4n) is 3.19. The van der Waals surface area contributed by atoms with Gasteiger partial charge in [-0.2, -0.15) is 23.4 Å². The summed E-state index contributed by atoms with van der Waals surface area (Å²) in [4.78, 5) is 22.6. The van der Waals surface area contributed by atoms with E-state index in [0.29, 0.717) is 18.5 Å². The highest BCUT2D eigenvalue weighted by Gasteiger charge is 2.41. The Morgan fingerprint density at radius 1 is 1.47 bits per heavy atom. The minimum Gasteiger partial charge on any atom is -0.354 e. The molecule has 164 valence electrons. The molecule has 1 saturated carbocycles. The zero-order chi connectivity index (χ0) is 22.1. The van der Waals surface area contributed by atoms with E-state index in [4.69, 9.17) is 11.6 Å². The number of nitrogens with zero attached hydrogens (tertiary/aromatic N) is 5. The topological polar surface area (TPSA) is 108 Å². The van der Waals surface area contributed by atoms with Gasteiger partial charge in [-0.15, -0.1) is 0 Å². The van der Waals surface area contributed by atoms with Crippen molar-refractivity contribution in [3.05, 3.63) is 38.9 Å². The number of nitrogens with one attached hydrogen (secondary N) is 1. The van der Waals surface area contributed by atoms with E-state index >= 15 is 0 Å². The van der Waals surface area contributed by atoms with Crippen molar-refractivity contribution in [2.75, 3.05) is 6.54 Å². The first kappa shape index (κ1) is 22.1. The molecule has 9 nitrogen and oxygen atoms in total. The van der Waals surface area contributed by atoms with Gasteiger partial charge in [-0.1, -0.05) is 18.5 Å². The van der Waals surface area contributed by atoms with Crippen molar-refractivity contribution in [3.63, 3.8) is 0 Å². The Labute approximate surface area is 174 Å². The molecular weight excluding hydrogens is 429 g/mol. The van der Waals surface area contributed by atoms with Gasteiger partial charge in [0, 0.05) is 19.0 Å².